The fourth-order valence-electron chi connectivity index (χ4n) is 2.35. The van der Waals surface area contributed by atoms with Crippen molar-refractivity contribution >= 4 is 51.1 Å². The molecule has 1 unspecified atom stereocenters. The second-order valence-corrected chi connectivity index (χ2v) is 10.0. The van der Waals surface area contributed by atoms with Crippen LogP contribution in [0.15, 0.2) is 10.4 Å². The highest BCUT2D eigenvalue weighted by atomic mass is 127. The first-order valence-corrected chi connectivity index (χ1v) is 10.5. The third kappa shape index (κ3) is 6.47. The van der Waals surface area contributed by atoms with Gasteiger partial charge in [-0.3, -0.25) is 4.99 Å². The second kappa shape index (κ2) is 8.79. The zero-order chi connectivity index (χ0) is 17.1. The Labute approximate surface area is 165 Å². The molecule has 138 valence electrons. The lowest BCUT2D eigenvalue weighted by Gasteiger charge is -2.16. The number of aliphatic imine (C=N–C) groups is 1. The first kappa shape index (κ1) is 21.6. The van der Waals surface area contributed by atoms with E-state index in [9.17, 15) is 8.42 Å². The van der Waals surface area contributed by atoms with Gasteiger partial charge in [0.15, 0.2) is 15.8 Å². The number of rotatable bonds is 4. The van der Waals surface area contributed by atoms with E-state index in [1.807, 2.05) is 0 Å². The topological polar surface area (TPSA) is 83.4 Å². The average molecular weight is 486 g/mol. The molecule has 0 saturated carbocycles. The van der Waals surface area contributed by atoms with E-state index in [4.69, 9.17) is 0 Å². The molecular weight excluding hydrogens is 459 g/mol. The zero-order valence-corrected chi connectivity index (χ0v) is 18.6. The molecule has 24 heavy (non-hydrogen) atoms. The van der Waals surface area contributed by atoms with Gasteiger partial charge in [0.1, 0.15) is 0 Å². The first-order valence-electron chi connectivity index (χ1n) is 7.82. The van der Waals surface area contributed by atoms with Gasteiger partial charge >= 0.3 is 0 Å². The Hall–Kier alpha value is -0.420. The molecule has 0 aliphatic carbocycles. The van der Waals surface area contributed by atoms with E-state index >= 15 is 0 Å². The monoisotopic (exact) mass is 486 g/mol. The first-order chi connectivity index (χ1) is 10.7. The van der Waals surface area contributed by atoms with Gasteiger partial charge in [-0.25, -0.2) is 13.4 Å². The van der Waals surface area contributed by atoms with E-state index in [0.29, 0.717) is 12.4 Å². The number of nitrogens with zero attached hydrogens (tertiary/aromatic N) is 2. The van der Waals surface area contributed by atoms with E-state index < -0.39 is 9.84 Å². The Balaban J connectivity index is 0.00000288. The highest BCUT2D eigenvalue weighted by Gasteiger charge is 2.28. The van der Waals surface area contributed by atoms with E-state index in [0.717, 1.165) is 23.7 Å². The van der Waals surface area contributed by atoms with Crippen LogP contribution in [0.4, 0.5) is 0 Å². The van der Waals surface area contributed by atoms with Crippen LogP contribution in [0.5, 0.6) is 0 Å². The molecular formula is C15H27IN4O2S2. The highest BCUT2D eigenvalue weighted by Crippen LogP contribution is 2.23. The fourth-order valence-corrected chi connectivity index (χ4v) is 5.05. The molecule has 0 amide bonds. The van der Waals surface area contributed by atoms with Gasteiger partial charge in [-0.2, -0.15) is 0 Å². The van der Waals surface area contributed by atoms with Gasteiger partial charge in [-0.05, 0) is 6.42 Å². The van der Waals surface area contributed by atoms with E-state index in [1.165, 1.54) is 0 Å². The predicted octanol–water partition coefficient (Wildman–Crippen LogP) is 1.95. The molecule has 1 aliphatic heterocycles. The summed E-state index contributed by atoms with van der Waals surface area (Å²) >= 11 is 1.68. The fraction of sp³-hybridized carbons (Fsp3) is 0.733. The van der Waals surface area contributed by atoms with Crippen LogP contribution in [-0.4, -0.2) is 50.5 Å². The van der Waals surface area contributed by atoms with Crippen LogP contribution in [0.2, 0.25) is 0 Å². The molecule has 1 saturated heterocycles. The van der Waals surface area contributed by atoms with Gasteiger partial charge in [-0.15, -0.1) is 35.3 Å². The molecule has 1 aromatic rings. The summed E-state index contributed by atoms with van der Waals surface area (Å²) in [5, 5.41) is 9.63. The van der Waals surface area contributed by atoms with Gasteiger partial charge in [0, 0.05) is 36.9 Å². The Kier molecular flexibility index (Phi) is 7.92. The third-order valence-corrected chi connectivity index (χ3v) is 6.42. The molecule has 0 bridgehead atoms. The van der Waals surface area contributed by atoms with Gasteiger partial charge in [0.05, 0.1) is 22.2 Å². The van der Waals surface area contributed by atoms with E-state index in [-0.39, 0.29) is 46.9 Å². The smallest absolute Gasteiger partial charge is 0.191 e. The minimum atomic E-state index is -2.88. The van der Waals surface area contributed by atoms with Gasteiger partial charge in [0.2, 0.25) is 0 Å². The summed E-state index contributed by atoms with van der Waals surface area (Å²) in [6.45, 7) is 7.19. The molecule has 2 N–H and O–H groups in total. The van der Waals surface area contributed by atoms with Crippen molar-refractivity contribution < 1.29 is 8.42 Å². The van der Waals surface area contributed by atoms with Gasteiger partial charge < -0.3 is 10.6 Å². The maximum atomic E-state index is 11.5. The van der Waals surface area contributed by atoms with E-state index in [1.54, 1.807) is 18.4 Å². The molecule has 1 atom stereocenters. The number of hydrogen-bond donors (Lipinski definition) is 2. The highest BCUT2D eigenvalue weighted by molar-refractivity contribution is 14.0. The van der Waals surface area contributed by atoms with Crippen LogP contribution in [0.1, 0.15) is 37.9 Å². The van der Waals surface area contributed by atoms with Crippen LogP contribution < -0.4 is 10.6 Å². The average Bonchev–Trinajstić information content (AvgIpc) is 3.04. The summed E-state index contributed by atoms with van der Waals surface area (Å²) in [4.78, 5) is 8.82. The maximum Gasteiger partial charge on any atom is 0.191 e. The van der Waals surface area contributed by atoms with E-state index in [2.05, 4.69) is 46.8 Å². The van der Waals surface area contributed by atoms with Crippen molar-refractivity contribution in [3.63, 3.8) is 0 Å². The molecule has 0 radical (unpaired) electrons. The normalized spacial score (nSPS) is 20.5. The predicted molar refractivity (Wildman–Crippen MR) is 111 cm³/mol. The number of nitrogens with one attached hydrogen (secondary N) is 2. The summed E-state index contributed by atoms with van der Waals surface area (Å²) in [7, 11) is -1.18. The third-order valence-electron chi connectivity index (χ3n) is 3.75. The Morgan fingerprint density at radius 1 is 1.46 bits per heavy atom. The number of sulfone groups is 1. The Bertz CT molecular complexity index is 665. The quantitative estimate of drug-likeness (QED) is 0.386. The van der Waals surface area contributed by atoms with Crippen molar-refractivity contribution in [2.75, 3.05) is 25.1 Å². The summed E-state index contributed by atoms with van der Waals surface area (Å²) in [5.74, 6) is 1.10. The Morgan fingerprint density at radius 2 is 2.17 bits per heavy atom. The molecule has 0 aromatic carbocycles. The summed E-state index contributed by atoms with van der Waals surface area (Å²) in [6.07, 6.45) is 1.47. The van der Waals surface area contributed by atoms with Crippen molar-refractivity contribution in [2.45, 2.75) is 45.1 Å². The van der Waals surface area contributed by atoms with Crippen LogP contribution in [0.3, 0.4) is 0 Å². The Morgan fingerprint density at radius 3 is 2.67 bits per heavy atom. The largest absolute Gasteiger partial charge is 0.356 e. The van der Waals surface area contributed by atoms with Crippen molar-refractivity contribution in [3.8, 4) is 0 Å². The minimum Gasteiger partial charge on any atom is -0.356 e. The molecule has 6 nitrogen and oxygen atoms in total. The lowest BCUT2D eigenvalue weighted by Crippen LogP contribution is -2.44. The SMILES string of the molecule is CN=C(NCCc1nc(C(C)(C)C)cs1)NC1CCS(=O)(=O)C1.I. The molecule has 1 fully saturated rings. The van der Waals surface area contributed by atoms with Crippen LogP contribution >= 0.6 is 35.3 Å². The lowest BCUT2D eigenvalue weighted by molar-refractivity contribution is 0.570. The number of thiazole rings is 1. The summed E-state index contributed by atoms with van der Waals surface area (Å²) in [5.41, 5.74) is 1.20. The molecule has 0 spiro atoms. The van der Waals surface area contributed by atoms with Crippen LogP contribution in [0, 0.1) is 0 Å². The van der Waals surface area contributed by atoms with Gasteiger partial charge in [-0.1, -0.05) is 20.8 Å². The van der Waals surface area contributed by atoms with Crippen LogP contribution in [0.25, 0.3) is 0 Å². The second-order valence-electron chi connectivity index (χ2n) is 6.87. The number of guanidine groups is 1. The molecule has 9 heteroatoms. The summed E-state index contributed by atoms with van der Waals surface area (Å²) in [6, 6.07) is -0.0430. The van der Waals surface area contributed by atoms with Crippen molar-refractivity contribution in [1.82, 2.24) is 15.6 Å². The maximum absolute atomic E-state index is 11.5. The summed E-state index contributed by atoms with van der Waals surface area (Å²) < 4.78 is 23.0. The molecule has 1 aromatic heterocycles. The standard InChI is InChI=1S/C15H26N4O2S2.HI/c1-15(2,3)12-9-22-13(19-12)5-7-17-14(16-4)18-11-6-8-23(20,21)10-11;/h9,11H,5-8,10H2,1-4H3,(H2,16,17,18);1H. The van der Waals surface area contributed by atoms with Crippen molar-refractivity contribution in [1.29, 1.82) is 0 Å². The van der Waals surface area contributed by atoms with Gasteiger partial charge in [0.25, 0.3) is 0 Å². The number of hydrogen-bond acceptors (Lipinski definition) is 5. The molecule has 2 rings (SSSR count). The minimum absolute atomic E-state index is 0. The number of aromatic nitrogens is 1. The van der Waals surface area contributed by atoms with Crippen LogP contribution in [-0.2, 0) is 21.7 Å². The molecule has 1 aliphatic rings. The molecule has 2 heterocycles. The number of halogens is 1. The lowest BCUT2D eigenvalue weighted by atomic mass is 9.93. The van der Waals surface area contributed by atoms with Crippen molar-refractivity contribution in [2.24, 2.45) is 4.99 Å². The zero-order valence-electron chi connectivity index (χ0n) is 14.6. The van der Waals surface area contributed by atoms with Crippen molar-refractivity contribution in [3.05, 3.63) is 16.1 Å².